The van der Waals surface area contributed by atoms with Crippen molar-refractivity contribution in [2.75, 3.05) is 5.32 Å². The van der Waals surface area contributed by atoms with E-state index in [2.05, 4.69) is 15.3 Å². The first-order valence-electron chi connectivity index (χ1n) is 8.15. The number of halogens is 2. The molecule has 2 aromatic heterocycles. The van der Waals surface area contributed by atoms with Crippen molar-refractivity contribution in [3.05, 3.63) is 73.8 Å². The van der Waals surface area contributed by atoms with E-state index in [1.54, 1.807) is 17.4 Å². The molecule has 0 aliphatic rings. The fourth-order valence-corrected chi connectivity index (χ4v) is 4.31. The number of nitro benzene ring substituents is 1. The number of nitro groups is 1. The summed E-state index contributed by atoms with van der Waals surface area (Å²) >= 11 is 13.8. The van der Waals surface area contributed by atoms with Crippen molar-refractivity contribution in [3.8, 4) is 11.1 Å². The van der Waals surface area contributed by atoms with E-state index in [0.717, 1.165) is 26.2 Å². The molecule has 4 rings (SSSR count). The van der Waals surface area contributed by atoms with Gasteiger partial charge < -0.3 is 5.32 Å². The van der Waals surface area contributed by atoms with E-state index >= 15 is 0 Å². The first-order chi connectivity index (χ1) is 13.4. The van der Waals surface area contributed by atoms with Crippen molar-refractivity contribution in [2.45, 2.75) is 6.92 Å². The number of non-ortho nitro benzene ring substituents is 1. The molecule has 0 fully saturated rings. The number of benzene rings is 2. The molecule has 6 nitrogen and oxygen atoms in total. The number of rotatable bonds is 4. The van der Waals surface area contributed by atoms with Crippen LogP contribution in [0.5, 0.6) is 0 Å². The van der Waals surface area contributed by atoms with Crippen LogP contribution in [0.1, 0.15) is 4.88 Å². The minimum Gasteiger partial charge on any atom is -0.338 e. The third-order valence-electron chi connectivity index (χ3n) is 4.21. The number of fused-ring (bicyclic) bond motifs is 1. The Balaban J connectivity index is 1.84. The van der Waals surface area contributed by atoms with Crippen molar-refractivity contribution >= 4 is 61.9 Å². The summed E-state index contributed by atoms with van der Waals surface area (Å²) < 4.78 is 0. The maximum absolute atomic E-state index is 10.9. The van der Waals surface area contributed by atoms with Crippen LogP contribution >= 0.6 is 34.5 Å². The van der Waals surface area contributed by atoms with Gasteiger partial charge in [-0.05, 0) is 30.7 Å². The Morgan fingerprint density at radius 1 is 1.11 bits per heavy atom. The van der Waals surface area contributed by atoms with Crippen LogP contribution in [0.25, 0.3) is 21.3 Å². The maximum atomic E-state index is 10.9. The van der Waals surface area contributed by atoms with E-state index in [4.69, 9.17) is 23.2 Å². The molecule has 0 unspecified atom stereocenters. The van der Waals surface area contributed by atoms with Crippen molar-refractivity contribution in [2.24, 2.45) is 0 Å². The highest BCUT2D eigenvalue weighted by Crippen LogP contribution is 2.42. The third-order valence-corrected chi connectivity index (χ3v) is 5.79. The van der Waals surface area contributed by atoms with E-state index in [0.29, 0.717) is 16.5 Å². The van der Waals surface area contributed by atoms with E-state index < -0.39 is 4.92 Å². The van der Waals surface area contributed by atoms with E-state index in [1.165, 1.54) is 18.5 Å². The third kappa shape index (κ3) is 3.40. The molecule has 2 aromatic carbocycles. The Morgan fingerprint density at radius 3 is 2.54 bits per heavy atom. The van der Waals surface area contributed by atoms with Crippen LogP contribution in [0.3, 0.4) is 0 Å². The normalized spacial score (nSPS) is 11.0. The number of aryl methyl sites for hydroxylation is 1. The van der Waals surface area contributed by atoms with E-state index in [-0.39, 0.29) is 10.7 Å². The minimum absolute atomic E-state index is 0.0726. The standard InChI is InChI=1S/C19H12Cl2N4O2S/c1-10-16(11-2-4-12(20)5-3-11)17-18(22-9-23-19(17)28-10)24-15-7-6-13(25(26)27)8-14(15)21/h2-9H,1H3,(H,22,23,24). The molecule has 0 saturated heterocycles. The van der Waals surface area contributed by atoms with Crippen molar-refractivity contribution < 1.29 is 4.92 Å². The molecule has 0 aliphatic heterocycles. The fourth-order valence-electron chi connectivity index (χ4n) is 2.95. The lowest BCUT2D eigenvalue weighted by atomic mass is 10.0. The van der Waals surface area contributed by atoms with Gasteiger partial charge in [-0.15, -0.1) is 11.3 Å². The van der Waals surface area contributed by atoms with Crippen molar-refractivity contribution in [1.29, 1.82) is 0 Å². The number of aromatic nitrogens is 2. The predicted octanol–water partition coefficient (Wildman–Crippen LogP) is 6.63. The molecule has 0 spiro atoms. The Morgan fingerprint density at radius 2 is 1.86 bits per heavy atom. The number of thiophene rings is 1. The van der Waals surface area contributed by atoms with Gasteiger partial charge in [-0.25, -0.2) is 9.97 Å². The van der Waals surface area contributed by atoms with Crippen LogP contribution in [0.2, 0.25) is 10.0 Å². The molecule has 0 radical (unpaired) electrons. The summed E-state index contributed by atoms with van der Waals surface area (Å²) in [5.74, 6) is 0.579. The lowest BCUT2D eigenvalue weighted by Crippen LogP contribution is -1.97. The SMILES string of the molecule is Cc1sc2ncnc(Nc3ccc([N+](=O)[O-])cc3Cl)c2c1-c1ccc(Cl)cc1. The lowest BCUT2D eigenvalue weighted by molar-refractivity contribution is -0.384. The second-order valence-corrected chi connectivity index (χ2v) is 8.04. The number of hydrogen-bond acceptors (Lipinski definition) is 6. The molecular weight excluding hydrogens is 419 g/mol. The fraction of sp³-hybridized carbons (Fsp3) is 0.0526. The number of nitrogens with zero attached hydrogens (tertiary/aromatic N) is 3. The number of anilines is 2. The monoisotopic (exact) mass is 430 g/mol. The zero-order chi connectivity index (χ0) is 19.8. The maximum Gasteiger partial charge on any atom is 0.271 e. The van der Waals surface area contributed by atoms with Crippen LogP contribution < -0.4 is 5.32 Å². The summed E-state index contributed by atoms with van der Waals surface area (Å²) in [6.45, 7) is 2.03. The quantitative estimate of drug-likeness (QED) is 0.290. The zero-order valence-electron chi connectivity index (χ0n) is 14.4. The molecule has 0 amide bonds. The first-order valence-corrected chi connectivity index (χ1v) is 9.72. The summed E-state index contributed by atoms with van der Waals surface area (Å²) in [6.07, 6.45) is 1.48. The average molecular weight is 431 g/mol. The van der Waals surface area contributed by atoms with Gasteiger partial charge in [0.25, 0.3) is 5.69 Å². The molecule has 0 saturated carbocycles. The van der Waals surface area contributed by atoms with Gasteiger partial charge in [0, 0.05) is 27.6 Å². The topological polar surface area (TPSA) is 81.0 Å². The Kier molecular flexibility index (Phi) is 4.89. The smallest absolute Gasteiger partial charge is 0.271 e. The second-order valence-electron chi connectivity index (χ2n) is 5.99. The van der Waals surface area contributed by atoms with Gasteiger partial charge in [-0.1, -0.05) is 35.3 Å². The zero-order valence-corrected chi connectivity index (χ0v) is 16.8. The van der Waals surface area contributed by atoms with Crippen LogP contribution in [0.4, 0.5) is 17.2 Å². The highest BCUT2D eigenvalue weighted by molar-refractivity contribution is 7.19. The second kappa shape index (κ2) is 7.35. The molecule has 4 aromatic rings. The van der Waals surface area contributed by atoms with Crippen molar-refractivity contribution in [1.82, 2.24) is 9.97 Å². The molecular formula is C19H12Cl2N4O2S. The summed E-state index contributed by atoms with van der Waals surface area (Å²) in [6, 6.07) is 11.8. The molecule has 2 heterocycles. The molecule has 0 bridgehead atoms. The summed E-state index contributed by atoms with van der Waals surface area (Å²) in [5.41, 5.74) is 2.47. The molecule has 0 aliphatic carbocycles. The number of hydrogen-bond donors (Lipinski definition) is 1. The van der Waals surface area contributed by atoms with Crippen LogP contribution in [0.15, 0.2) is 48.8 Å². The van der Waals surface area contributed by atoms with Gasteiger partial charge in [-0.3, -0.25) is 10.1 Å². The van der Waals surface area contributed by atoms with Gasteiger partial charge in [0.2, 0.25) is 0 Å². The lowest BCUT2D eigenvalue weighted by Gasteiger charge is -2.10. The van der Waals surface area contributed by atoms with E-state index in [1.807, 2.05) is 31.2 Å². The van der Waals surface area contributed by atoms with E-state index in [9.17, 15) is 10.1 Å². The minimum atomic E-state index is -0.487. The molecule has 28 heavy (non-hydrogen) atoms. The molecule has 9 heteroatoms. The molecule has 1 N–H and O–H groups in total. The van der Waals surface area contributed by atoms with Gasteiger partial charge in [0.15, 0.2) is 0 Å². The predicted molar refractivity (Wildman–Crippen MR) is 114 cm³/mol. The molecule has 0 atom stereocenters. The number of nitrogens with one attached hydrogen (secondary N) is 1. The summed E-state index contributed by atoms with van der Waals surface area (Å²) in [7, 11) is 0. The Bertz CT molecular complexity index is 1210. The summed E-state index contributed by atoms with van der Waals surface area (Å²) in [5, 5.41) is 15.9. The van der Waals surface area contributed by atoms with Crippen LogP contribution in [-0.2, 0) is 0 Å². The first kappa shape index (κ1) is 18.6. The van der Waals surface area contributed by atoms with Gasteiger partial charge in [0.05, 0.1) is 21.0 Å². The highest BCUT2D eigenvalue weighted by Gasteiger charge is 2.18. The van der Waals surface area contributed by atoms with Gasteiger partial charge in [0.1, 0.15) is 17.0 Å². The van der Waals surface area contributed by atoms with Crippen molar-refractivity contribution in [3.63, 3.8) is 0 Å². The van der Waals surface area contributed by atoms with Gasteiger partial charge >= 0.3 is 0 Å². The van der Waals surface area contributed by atoms with Crippen LogP contribution in [-0.4, -0.2) is 14.9 Å². The van der Waals surface area contributed by atoms with Gasteiger partial charge in [-0.2, -0.15) is 0 Å². The summed E-state index contributed by atoms with van der Waals surface area (Å²) in [4.78, 5) is 21.1. The Hall–Kier alpha value is -2.74. The largest absolute Gasteiger partial charge is 0.338 e. The highest BCUT2D eigenvalue weighted by atomic mass is 35.5. The average Bonchev–Trinajstić information content (AvgIpc) is 3.00. The molecule has 140 valence electrons. The van der Waals surface area contributed by atoms with Crippen LogP contribution in [0, 0.1) is 17.0 Å². The Labute approximate surface area is 173 Å².